The number of anilines is 1. The Balaban J connectivity index is 2.23. The van der Waals surface area contributed by atoms with E-state index in [4.69, 9.17) is 5.11 Å². The lowest BCUT2D eigenvalue weighted by Crippen LogP contribution is -2.09. The van der Waals surface area contributed by atoms with Crippen LogP contribution in [0.4, 0.5) is 5.13 Å². The fraction of sp³-hybridized carbons (Fsp3) is 0.0667. The average Bonchev–Trinajstić information content (AvgIpc) is 2.86. The summed E-state index contributed by atoms with van der Waals surface area (Å²) in [6.45, 7) is 6.74. The van der Waals surface area contributed by atoms with Gasteiger partial charge in [0, 0.05) is 12.6 Å². The molecule has 2 rings (SSSR count). The molecule has 0 saturated carbocycles. The van der Waals surface area contributed by atoms with Gasteiger partial charge in [0.1, 0.15) is 11.5 Å². The van der Waals surface area contributed by atoms with Crippen LogP contribution in [0.25, 0.3) is 10.2 Å². The first kappa shape index (κ1) is 14.8. The zero-order valence-corrected chi connectivity index (χ0v) is 12.3. The third kappa shape index (κ3) is 3.70. The zero-order valence-electron chi connectivity index (χ0n) is 11.5. The molecule has 0 aliphatic heterocycles. The van der Waals surface area contributed by atoms with Crippen molar-refractivity contribution in [1.29, 1.82) is 0 Å². The number of aromatic nitrogens is 1. The van der Waals surface area contributed by atoms with Gasteiger partial charge in [-0.1, -0.05) is 36.6 Å². The minimum atomic E-state index is -0.202. The number of hydrogen-bond donors (Lipinski definition) is 2. The Kier molecular flexibility index (Phi) is 4.39. The van der Waals surface area contributed by atoms with E-state index in [2.05, 4.69) is 23.2 Å². The van der Waals surface area contributed by atoms with Gasteiger partial charge in [0.2, 0.25) is 5.13 Å². The Labute approximate surface area is 126 Å². The maximum atomic E-state index is 9.42. The van der Waals surface area contributed by atoms with Crippen LogP contribution in [0, 0.1) is 0 Å². The predicted molar refractivity (Wildman–Crippen MR) is 88.1 cm³/mol. The number of fused-ring (bicyclic) bond motifs is 1. The van der Waals surface area contributed by atoms with Crippen LogP contribution < -0.4 is 5.01 Å². The van der Waals surface area contributed by atoms with Crippen molar-refractivity contribution in [3.8, 4) is 0 Å². The first-order chi connectivity index (χ1) is 9.97. The summed E-state index contributed by atoms with van der Waals surface area (Å²) in [6.07, 6.45) is 2.66. The fourth-order valence-corrected chi connectivity index (χ4v) is 2.46. The molecule has 0 atom stereocenters. The number of thiazole rings is 1. The van der Waals surface area contributed by atoms with Gasteiger partial charge in [0.25, 0.3) is 0 Å². The molecule has 0 amide bonds. The number of hydrazone groups is 1. The van der Waals surface area contributed by atoms with Crippen LogP contribution >= 0.6 is 11.3 Å². The van der Waals surface area contributed by atoms with Crippen LogP contribution in [0.1, 0.15) is 0 Å². The van der Waals surface area contributed by atoms with E-state index in [1.165, 1.54) is 23.6 Å². The number of rotatable bonds is 5. The van der Waals surface area contributed by atoms with Crippen molar-refractivity contribution in [3.05, 3.63) is 60.6 Å². The second kappa shape index (κ2) is 6.23. The Morgan fingerprint density at radius 3 is 2.67 bits per heavy atom. The van der Waals surface area contributed by atoms with Crippen molar-refractivity contribution in [2.24, 2.45) is 5.10 Å². The molecule has 2 N–H and O–H groups in total. The third-order valence-corrected chi connectivity index (χ3v) is 3.69. The van der Waals surface area contributed by atoms with E-state index in [-0.39, 0.29) is 17.1 Å². The highest BCUT2D eigenvalue weighted by Gasteiger charge is 2.07. The van der Waals surface area contributed by atoms with Gasteiger partial charge in [-0.3, -0.25) is 0 Å². The molecule has 0 bridgehead atoms. The van der Waals surface area contributed by atoms with Gasteiger partial charge >= 0.3 is 0 Å². The molecule has 1 heterocycles. The summed E-state index contributed by atoms with van der Waals surface area (Å²) in [5.74, 6) is -0.388. The van der Waals surface area contributed by atoms with Gasteiger partial charge < -0.3 is 10.2 Å². The molecule has 2 aromatic rings. The van der Waals surface area contributed by atoms with E-state index in [1.54, 1.807) is 12.1 Å². The zero-order chi connectivity index (χ0) is 15.4. The molecule has 0 radical (unpaired) electrons. The SMILES string of the molecule is C=C(O)/C=C(/C=N/N(C)c1nc2ccccc2s1)C(=C)O. The molecule has 21 heavy (non-hydrogen) atoms. The van der Waals surface area contributed by atoms with E-state index in [9.17, 15) is 5.11 Å². The van der Waals surface area contributed by atoms with E-state index in [0.717, 1.165) is 15.3 Å². The molecule has 5 nitrogen and oxygen atoms in total. The third-order valence-electron chi connectivity index (χ3n) is 2.58. The number of aliphatic hydroxyl groups excluding tert-OH is 2. The normalized spacial score (nSPS) is 12.0. The Bertz CT molecular complexity index is 713. The summed E-state index contributed by atoms with van der Waals surface area (Å²) >= 11 is 1.51. The number of aliphatic hydroxyl groups is 2. The van der Waals surface area contributed by atoms with Crippen LogP contribution in [0.3, 0.4) is 0 Å². The van der Waals surface area contributed by atoms with Crippen LogP contribution in [-0.2, 0) is 0 Å². The second-order valence-corrected chi connectivity index (χ2v) is 5.28. The predicted octanol–water partition coefficient (Wildman–Crippen LogP) is 3.79. The molecule has 108 valence electrons. The first-order valence-corrected chi connectivity index (χ1v) is 6.90. The topological polar surface area (TPSA) is 69.0 Å². The first-order valence-electron chi connectivity index (χ1n) is 6.08. The fourth-order valence-electron chi connectivity index (χ4n) is 1.57. The Morgan fingerprint density at radius 2 is 2.05 bits per heavy atom. The van der Waals surface area contributed by atoms with Crippen molar-refractivity contribution >= 4 is 32.9 Å². The second-order valence-electron chi connectivity index (χ2n) is 4.27. The molecule has 0 fully saturated rings. The van der Waals surface area contributed by atoms with Gasteiger partial charge in [-0.2, -0.15) is 5.10 Å². The van der Waals surface area contributed by atoms with Crippen molar-refractivity contribution in [3.63, 3.8) is 0 Å². The maximum Gasteiger partial charge on any atom is 0.206 e. The van der Waals surface area contributed by atoms with Gasteiger partial charge in [-0.15, -0.1) is 0 Å². The number of allylic oxidation sites excluding steroid dienone is 2. The summed E-state index contributed by atoms with van der Waals surface area (Å²) in [5.41, 5.74) is 1.18. The van der Waals surface area contributed by atoms with Crippen LogP contribution in [0.15, 0.2) is 65.7 Å². The lowest BCUT2D eigenvalue weighted by atomic mass is 10.2. The van der Waals surface area contributed by atoms with Crippen LogP contribution in [-0.4, -0.2) is 28.5 Å². The Hall–Kier alpha value is -2.60. The van der Waals surface area contributed by atoms with Gasteiger partial charge in [-0.25, -0.2) is 9.99 Å². The van der Waals surface area contributed by atoms with E-state index >= 15 is 0 Å². The highest BCUT2D eigenvalue weighted by atomic mass is 32.1. The largest absolute Gasteiger partial charge is 0.509 e. The van der Waals surface area contributed by atoms with Crippen molar-refractivity contribution in [2.45, 2.75) is 0 Å². The number of benzene rings is 1. The molecule has 0 aliphatic carbocycles. The molecule has 1 aromatic carbocycles. The molecule has 1 aromatic heterocycles. The average molecular weight is 301 g/mol. The van der Waals surface area contributed by atoms with Gasteiger partial charge in [0.15, 0.2) is 0 Å². The minimum absolute atomic E-state index is 0.186. The van der Waals surface area contributed by atoms with Crippen molar-refractivity contribution in [1.82, 2.24) is 4.98 Å². The number of para-hydroxylation sites is 1. The molecule has 0 aliphatic rings. The summed E-state index contributed by atoms with van der Waals surface area (Å²) in [4.78, 5) is 4.46. The molecule has 0 spiro atoms. The highest BCUT2D eigenvalue weighted by Crippen LogP contribution is 2.27. The van der Waals surface area contributed by atoms with E-state index in [1.807, 2.05) is 24.3 Å². The summed E-state index contributed by atoms with van der Waals surface area (Å²) in [6, 6.07) is 7.81. The van der Waals surface area contributed by atoms with Gasteiger partial charge in [-0.05, 0) is 18.2 Å². The van der Waals surface area contributed by atoms with E-state index in [0.29, 0.717) is 0 Å². The van der Waals surface area contributed by atoms with Crippen LogP contribution in [0.5, 0.6) is 0 Å². The Morgan fingerprint density at radius 1 is 1.33 bits per heavy atom. The monoisotopic (exact) mass is 301 g/mol. The van der Waals surface area contributed by atoms with E-state index < -0.39 is 0 Å². The molecule has 6 heteroatoms. The lowest BCUT2D eigenvalue weighted by Gasteiger charge is -2.08. The smallest absolute Gasteiger partial charge is 0.206 e. The summed E-state index contributed by atoms with van der Waals surface area (Å²) in [7, 11) is 1.75. The number of nitrogens with zero attached hydrogens (tertiary/aromatic N) is 3. The van der Waals surface area contributed by atoms with Crippen molar-refractivity contribution < 1.29 is 10.2 Å². The molecular formula is C15H15N3O2S. The standard InChI is InChI=1S/C15H15N3O2S/c1-10(19)8-12(11(2)20)9-16-18(3)15-17-13-6-4-5-7-14(13)21-15/h4-9,19-20H,1-2H2,3H3/b12-8-,16-9+. The number of hydrogen-bond acceptors (Lipinski definition) is 6. The van der Waals surface area contributed by atoms with Crippen molar-refractivity contribution in [2.75, 3.05) is 12.1 Å². The molecular weight excluding hydrogens is 286 g/mol. The van der Waals surface area contributed by atoms with Crippen LogP contribution in [0.2, 0.25) is 0 Å². The highest BCUT2D eigenvalue weighted by molar-refractivity contribution is 7.22. The quantitative estimate of drug-likeness (QED) is 0.381. The molecule has 0 unspecified atom stereocenters. The minimum Gasteiger partial charge on any atom is -0.509 e. The summed E-state index contributed by atoms with van der Waals surface area (Å²) in [5, 5.41) is 25.0. The maximum absolute atomic E-state index is 9.42. The van der Waals surface area contributed by atoms with Gasteiger partial charge in [0.05, 0.1) is 16.4 Å². The molecule has 0 saturated heterocycles. The lowest BCUT2D eigenvalue weighted by molar-refractivity contribution is 0.422. The summed E-state index contributed by atoms with van der Waals surface area (Å²) < 4.78 is 1.07.